The Kier molecular flexibility index (Phi) is 2.35. The van der Waals surface area contributed by atoms with Crippen LogP contribution in [0, 0.1) is 0 Å². The maximum absolute atomic E-state index is 2.51. The Morgan fingerprint density at radius 3 is 2.60 bits per heavy atom. The topological polar surface area (TPSA) is 3.24 Å². The summed E-state index contributed by atoms with van der Waals surface area (Å²) in [5.74, 6) is 0. The molecule has 1 heterocycles. The third kappa shape index (κ3) is 1.34. The van der Waals surface area contributed by atoms with Gasteiger partial charge in [0.1, 0.15) is 0 Å². The average Bonchev–Trinajstić information content (AvgIpc) is 2.15. The van der Waals surface area contributed by atoms with Crippen LogP contribution in [0.4, 0.5) is 0 Å². The monoisotopic (exact) mass is 141 g/mol. The highest BCUT2D eigenvalue weighted by Crippen LogP contribution is 2.30. The summed E-state index contributed by atoms with van der Waals surface area (Å²) >= 11 is 0. The molecule has 1 atom stereocenters. The molecule has 0 aliphatic carbocycles. The Morgan fingerprint density at radius 2 is 2.20 bits per heavy atom. The van der Waals surface area contributed by atoms with Gasteiger partial charge in [-0.2, -0.15) is 0 Å². The molecule has 0 aromatic heterocycles. The van der Waals surface area contributed by atoms with E-state index in [1.54, 1.807) is 0 Å². The van der Waals surface area contributed by atoms with Crippen molar-refractivity contribution in [1.82, 2.24) is 4.90 Å². The predicted molar refractivity (Wildman–Crippen MR) is 45.2 cm³/mol. The third-order valence-electron chi connectivity index (χ3n) is 2.92. The number of hydrogen-bond acceptors (Lipinski definition) is 1. The molecule has 1 aliphatic rings. The van der Waals surface area contributed by atoms with Gasteiger partial charge in [0.05, 0.1) is 0 Å². The molecular weight excluding hydrogens is 122 g/mol. The number of hydrogen-bond donors (Lipinski definition) is 0. The zero-order chi connectivity index (χ0) is 7.61. The summed E-state index contributed by atoms with van der Waals surface area (Å²) in [4.78, 5) is 2.51. The molecule has 1 saturated heterocycles. The smallest absolute Gasteiger partial charge is 0.0178 e. The maximum atomic E-state index is 2.51. The summed E-state index contributed by atoms with van der Waals surface area (Å²) in [5.41, 5.74) is 0.536. The molecule has 0 bridgehead atoms. The van der Waals surface area contributed by atoms with Gasteiger partial charge in [-0.15, -0.1) is 0 Å². The van der Waals surface area contributed by atoms with Crippen molar-refractivity contribution in [2.24, 2.45) is 0 Å². The highest BCUT2D eigenvalue weighted by Gasteiger charge is 2.32. The van der Waals surface area contributed by atoms with Crippen LogP contribution >= 0.6 is 0 Å². The fourth-order valence-electron chi connectivity index (χ4n) is 2.01. The molecule has 0 radical (unpaired) electrons. The van der Waals surface area contributed by atoms with Gasteiger partial charge in [-0.1, -0.05) is 13.3 Å². The van der Waals surface area contributed by atoms with Crippen LogP contribution in [0.1, 0.15) is 39.5 Å². The van der Waals surface area contributed by atoms with Crippen molar-refractivity contribution in [1.29, 1.82) is 0 Å². The lowest BCUT2D eigenvalue weighted by Gasteiger charge is -2.31. The summed E-state index contributed by atoms with van der Waals surface area (Å²) in [6.07, 6.45) is 5.48. The van der Waals surface area contributed by atoms with Crippen molar-refractivity contribution in [2.45, 2.75) is 45.1 Å². The SMILES string of the molecule is CCCC1(C)CCCN1C. The minimum absolute atomic E-state index is 0.536. The molecule has 0 amide bonds. The minimum Gasteiger partial charge on any atom is -0.301 e. The van der Waals surface area contributed by atoms with E-state index < -0.39 is 0 Å². The Hall–Kier alpha value is -0.0400. The molecule has 1 unspecified atom stereocenters. The van der Waals surface area contributed by atoms with Crippen LogP contribution in [-0.2, 0) is 0 Å². The molecule has 60 valence electrons. The fraction of sp³-hybridized carbons (Fsp3) is 1.00. The molecule has 1 nitrogen and oxygen atoms in total. The van der Waals surface area contributed by atoms with Gasteiger partial charge in [0, 0.05) is 5.54 Å². The van der Waals surface area contributed by atoms with E-state index in [1.165, 1.54) is 32.2 Å². The molecule has 0 N–H and O–H groups in total. The van der Waals surface area contributed by atoms with Crippen molar-refractivity contribution in [2.75, 3.05) is 13.6 Å². The molecule has 1 fully saturated rings. The second-order valence-electron chi connectivity index (χ2n) is 3.77. The number of likely N-dealkylation sites (tertiary alicyclic amines) is 1. The number of rotatable bonds is 2. The molecule has 0 aromatic rings. The lowest BCUT2D eigenvalue weighted by molar-refractivity contribution is 0.181. The van der Waals surface area contributed by atoms with Gasteiger partial charge < -0.3 is 4.90 Å². The fourth-order valence-corrected chi connectivity index (χ4v) is 2.01. The van der Waals surface area contributed by atoms with Crippen LogP contribution in [0.5, 0.6) is 0 Å². The first-order valence-electron chi connectivity index (χ1n) is 4.40. The molecule has 0 aromatic carbocycles. The number of nitrogens with zero attached hydrogens (tertiary/aromatic N) is 1. The van der Waals surface area contributed by atoms with Gasteiger partial charge in [-0.05, 0) is 39.8 Å². The summed E-state index contributed by atoms with van der Waals surface area (Å²) in [6, 6.07) is 0. The van der Waals surface area contributed by atoms with Crippen LogP contribution in [0.3, 0.4) is 0 Å². The summed E-state index contributed by atoms with van der Waals surface area (Å²) in [7, 11) is 2.25. The van der Waals surface area contributed by atoms with E-state index in [4.69, 9.17) is 0 Å². The van der Waals surface area contributed by atoms with Crippen LogP contribution in [0.2, 0.25) is 0 Å². The van der Waals surface area contributed by atoms with Crippen molar-refractivity contribution < 1.29 is 0 Å². The standard InChI is InChI=1S/C9H19N/c1-4-6-9(2)7-5-8-10(9)3/h4-8H2,1-3H3. The Labute approximate surface area is 64.4 Å². The normalized spacial score (nSPS) is 35.1. The van der Waals surface area contributed by atoms with Crippen molar-refractivity contribution in [3.8, 4) is 0 Å². The average molecular weight is 141 g/mol. The van der Waals surface area contributed by atoms with E-state index in [2.05, 4.69) is 25.8 Å². The second-order valence-corrected chi connectivity index (χ2v) is 3.77. The lowest BCUT2D eigenvalue weighted by Crippen LogP contribution is -2.37. The molecule has 1 aliphatic heterocycles. The second kappa shape index (κ2) is 2.91. The molecule has 10 heavy (non-hydrogen) atoms. The maximum Gasteiger partial charge on any atom is 0.0178 e. The molecule has 0 spiro atoms. The van der Waals surface area contributed by atoms with E-state index in [1.807, 2.05) is 0 Å². The van der Waals surface area contributed by atoms with Crippen molar-refractivity contribution >= 4 is 0 Å². The van der Waals surface area contributed by atoms with Gasteiger partial charge in [0.25, 0.3) is 0 Å². The van der Waals surface area contributed by atoms with Crippen LogP contribution in [0.25, 0.3) is 0 Å². The molecular formula is C9H19N. The third-order valence-corrected chi connectivity index (χ3v) is 2.92. The van der Waals surface area contributed by atoms with E-state index in [-0.39, 0.29) is 0 Å². The lowest BCUT2D eigenvalue weighted by atomic mass is 9.94. The van der Waals surface area contributed by atoms with E-state index in [9.17, 15) is 0 Å². The zero-order valence-electron chi connectivity index (χ0n) is 7.48. The summed E-state index contributed by atoms with van der Waals surface area (Å²) < 4.78 is 0. The quantitative estimate of drug-likeness (QED) is 0.570. The molecule has 1 rings (SSSR count). The first-order chi connectivity index (χ1) is 4.69. The zero-order valence-corrected chi connectivity index (χ0v) is 7.48. The predicted octanol–water partition coefficient (Wildman–Crippen LogP) is 2.27. The Morgan fingerprint density at radius 1 is 1.50 bits per heavy atom. The largest absolute Gasteiger partial charge is 0.301 e. The van der Waals surface area contributed by atoms with E-state index in [0.717, 1.165) is 0 Å². The van der Waals surface area contributed by atoms with Gasteiger partial charge in [0.2, 0.25) is 0 Å². The van der Waals surface area contributed by atoms with Crippen molar-refractivity contribution in [3.63, 3.8) is 0 Å². The van der Waals surface area contributed by atoms with E-state index in [0.29, 0.717) is 5.54 Å². The van der Waals surface area contributed by atoms with Crippen molar-refractivity contribution in [3.05, 3.63) is 0 Å². The van der Waals surface area contributed by atoms with E-state index >= 15 is 0 Å². The Bertz CT molecular complexity index is 111. The summed E-state index contributed by atoms with van der Waals surface area (Å²) in [6.45, 7) is 5.97. The summed E-state index contributed by atoms with van der Waals surface area (Å²) in [5, 5.41) is 0. The van der Waals surface area contributed by atoms with Gasteiger partial charge in [-0.25, -0.2) is 0 Å². The van der Waals surface area contributed by atoms with Gasteiger partial charge >= 0.3 is 0 Å². The molecule has 1 heteroatoms. The van der Waals surface area contributed by atoms with Crippen LogP contribution in [0.15, 0.2) is 0 Å². The minimum atomic E-state index is 0.536. The first-order valence-corrected chi connectivity index (χ1v) is 4.40. The molecule has 0 saturated carbocycles. The highest BCUT2D eigenvalue weighted by atomic mass is 15.2. The first kappa shape index (κ1) is 8.06. The Balaban J connectivity index is 2.48. The van der Waals surface area contributed by atoms with Gasteiger partial charge in [-0.3, -0.25) is 0 Å². The van der Waals surface area contributed by atoms with Crippen LogP contribution < -0.4 is 0 Å². The van der Waals surface area contributed by atoms with Gasteiger partial charge in [0.15, 0.2) is 0 Å². The highest BCUT2D eigenvalue weighted by molar-refractivity contribution is 4.89. The van der Waals surface area contributed by atoms with Crippen LogP contribution in [-0.4, -0.2) is 24.0 Å².